The lowest BCUT2D eigenvalue weighted by molar-refractivity contribution is -0.0329. The highest BCUT2D eigenvalue weighted by Crippen LogP contribution is 2.31. The maximum Gasteiger partial charge on any atom is 0.0738 e. The summed E-state index contributed by atoms with van der Waals surface area (Å²) < 4.78 is 0. The topological polar surface area (TPSA) is 32.3 Å². The first-order valence-electron chi connectivity index (χ1n) is 5.88. The lowest BCUT2D eigenvalue weighted by atomic mass is 9.78. The molecule has 0 amide bonds. The van der Waals surface area contributed by atoms with Gasteiger partial charge in [-0.1, -0.05) is 30.1 Å². The smallest absolute Gasteiger partial charge is 0.0738 e. The largest absolute Gasteiger partial charge is 0.389 e. The molecule has 2 N–H and O–H groups in total. The maximum atomic E-state index is 10.7. The monoisotopic (exact) mass is 273 g/mol. The van der Waals surface area contributed by atoms with Gasteiger partial charge >= 0.3 is 0 Å². The molecule has 17 heavy (non-hydrogen) atoms. The molecule has 2 rings (SSSR count). The van der Waals surface area contributed by atoms with Crippen molar-refractivity contribution in [2.75, 3.05) is 13.1 Å². The number of benzene rings is 1. The lowest BCUT2D eigenvalue weighted by Crippen LogP contribution is -2.50. The maximum absolute atomic E-state index is 10.7. The minimum Gasteiger partial charge on any atom is -0.389 e. The van der Waals surface area contributed by atoms with Gasteiger partial charge in [0, 0.05) is 23.0 Å². The summed E-state index contributed by atoms with van der Waals surface area (Å²) in [5.74, 6) is 0.214. The van der Waals surface area contributed by atoms with E-state index in [0.29, 0.717) is 16.5 Å². The summed E-state index contributed by atoms with van der Waals surface area (Å²) in [4.78, 5) is 0. The van der Waals surface area contributed by atoms with Crippen LogP contribution in [0.2, 0.25) is 10.0 Å². The molecule has 2 atom stereocenters. The molecule has 4 heteroatoms. The Morgan fingerprint density at radius 1 is 1.47 bits per heavy atom. The van der Waals surface area contributed by atoms with Crippen molar-refractivity contribution < 1.29 is 5.11 Å². The highest BCUT2D eigenvalue weighted by atomic mass is 35.5. The van der Waals surface area contributed by atoms with Gasteiger partial charge in [-0.05, 0) is 42.6 Å². The van der Waals surface area contributed by atoms with Crippen molar-refractivity contribution in [3.8, 4) is 0 Å². The first kappa shape index (κ1) is 13.2. The van der Waals surface area contributed by atoms with E-state index in [-0.39, 0.29) is 5.92 Å². The van der Waals surface area contributed by atoms with Crippen molar-refractivity contribution in [2.45, 2.75) is 25.4 Å². The normalized spacial score (nSPS) is 29.3. The van der Waals surface area contributed by atoms with Crippen LogP contribution >= 0.6 is 23.2 Å². The summed E-state index contributed by atoms with van der Waals surface area (Å²) in [6.07, 6.45) is 1.31. The molecule has 1 saturated heterocycles. The highest BCUT2D eigenvalue weighted by molar-refractivity contribution is 6.33. The molecule has 1 aromatic carbocycles. The standard InChI is InChI=1S/C13H17Cl2NO/c1-9-8-16-5-4-13(9,17)7-10-6-11(14)2-3-12(10)15/h2-3,6,9,16-17H,4-5,7-8H2,1H3. The highest BCUT2D eigenvalue weighted by Gasteiger charge is 2.36. The van der Waals surface area contributed by atoms with E-state index in [1.165, 1.54) is 0 Å². The molecule has 1 heterocycles. The van der Waals surface area contributed by atoms with Gasteiger partial charge in [0.25, 0.3) is 0 Å². The average molecular weight is 274 g/mol. The number of aliphatic hydroxyl groups is 1. The van der Waals surface area contributed by atoms with E-state index < -0.39 is 5.60 Å². The van der Waals surface area contributed by atoms with E-state index in [4.69, 9.17) is 23.2 Å². The number of hydrogen-bond acceptors (Lipinski definition) is 2. The third-order valence-corrected chi connectivity index (χ3v) is 4.21. The zero-order chi connectivity index (χ0) is 12.5. The molecule has 1 aliphatic heterocycles. The second kappa shape index (κ2) is 5.15. The number of halogens is 2. The van der Waals surface area contributed by atoms with Crippen molar-refractivity contribution in [1.29, 1.82) is 0 Å². The Kier molecular flexibility index (Phi) is 3.99. The van der Waals surface area contributed by atoms with Crippen LogP contribution in [-0.4, -0.2) is 23.8 Å². The fourth-order valence-electron chi connectivity index (χ4n) is 2.33. The molecule has 2 nitrogen and oxygen atoms in total. The van der Waals surface area contributed by atoms with Crippen LogP contribution in [0.25, 0.3) is 0 Å². The minimum absolute atomic E-state index is 0.214. The Hall–Kier alpha value is -0.280. The van der Waals surface area contributed by atoms with Gasteiger partial charge in [0.15, 0.2) is 0 Å². The summed E-state index contributed by atoms with van der Waals surface area (Å²) in [5.41, 5.74) is 0.245. The lowest BCUT2D eigenvalue weighted by Gasteiger charge is -2.39. The van der Waals surface area contributed by atoms with Gasteiger partial charge in [0.05, 0.1) is 5.60 Å². The van der Waals surface area contributed by atoms with Crippen molar-refractivity contribution in [3.05, 3.63) is 33.8 Å². The predicted octanol–water partition coefficient (Wildman–Crippen LogP) is 2.90. The SMILES string of the molecule is CC1CNCCC1(O)Cc1cc(Cl)ccc1Cl. The van der Waals surface area contributed by atoms with E-state index in [2.05, 4.69) is 12.2 Å². The van der Waals surface area contributed by atoms with Gasteiger partial charge in [-0.15, -0.1) is 0 Å². The zero-order valence-electron chi connectivity index (χ0n) is 9.84. The van der Waals surface area contributed by atoms with Crippen LogP contribution in [0.5, 0.6) is 0 Å². The first-order chi connectivity index (χ1) is 8.01. The molecule has 2 unspecified atom stereocenters. The van der Waals surface area contributed by atoms with Crippen molar-refractivity contribution in [2.24, 2.45) is 5.92 Å². The van der Waals surface area contributed by atoms with Crippen LogP contribution in [0.4, 0.5) is 0 Å². The van der Waals surface area contributed by atoms with Gasteiger partial charge < -0.3 is 10.4 Å². The Morgan fingerprint density at radius 3 is 2.94 bits per heavy atom. The second-order valence-corrected chi connectivity index (χ2v) is 5.71. The Bertz CT molecular complexity index is 410. The molecular weight excluding hydrogens is 257 g/mol. The Balaban J connectivity index is 2.21. The van der Waals surface area contributed by atoms with Crippen LogP contribution in [0.15, 0.2) is 18.2 Å². The molecule has 0 bridgehead atoms. The molecule has 0 spiro atoms. The van der Waals surface area contributed by atoms with Gasteiger partial charge in [-0.25, -0.2) is 0 Å². The molecule has 1 fully saturated rings. The number of hydrogen-bond donors (Lipinski definition) is 2. The van der Waals surface area contributed by atoms with Crippen molar-refractivity contribution in [1.82, 2.24) is 5.32 Å². The quantitative estimate of drug-likeness (QED) is 0.869. The van der Waals surface area contributed by atoms with Gasteiger partial charge in [-0.2, -0.15) is 0 Å². The van der Waals surface area contributed by atoms with Gasteiger partial charge in [0.1, 0.15) is 0 Å². The van der Waals surface area contributed by atoms with Crippen LogP contribution < -0.4 is 5.32 Å². The third-order valence-electron chi connectivity index (χ3n) is 3.61. The van der Waals surface area contributed by atoms with Crippen molar-refractivity contribution >= 4 is 23.2 Å². The van der Waals surface area contributed by atoms with Gasteiger partial charge in [-0.3, -0.25) is 0 Å². The van der Waals surface area contributed by atoms with E-state index in [0.717, 1.165) is 25.1 Å². The van der Waals surface area contributed by atoms with Crippen LogP contribution in [0, 0.1) is 5.92 Å². The molecule has 0 aromatic heterocycles. The molecule has 0 radical (unpaired) electrons. The first-order valence-corrected chi connectivity index (χ1v) is 6.64. The summed E-state index contributed by atoms with van der Waals surface area (Å²) in [5, 5.41) is 15.3. The van der Waals surface area contributed by atoms with E-state index in [1.54, 1.807) is 12.1 Å². The fourth-order valence-corrected chi connectivity index (χ4v) is 2.71. The average Bonchev–Trinajstić information content (AvgIpc) is 2.28. The number of rotatable bonds is 2. The van der Waals surface area contributed by atoms with Crippen LogP contribution in [-0.2, 0) is 6.42 Å². The van der Waals surface area contributed by atoms with E-state index in [1.807, 2.05) is 6.07 Å². The fraction of sp³-hybridized carbons (Fsp3) is 0.538. The predicted molar refractivity (Wildman–Crippen MR) is 71.8 cm³/mol. The Labute approximate surface area is 112 Å². The molecular formula is C13H17Cl2NO. The number of nitrogens with one attached hydrogen (secondary N) is 1. The van der Waals surface area contributed by atoms with E-state index >= 15 is 0 Å². The number of piperidine rings is 1. The summed E-state index contributed by atoms with van der Waals surface area (Å²) in [7, 11) is 0. The summed E-state index contributed by atoms with van der Waals surface area (Å²) >= 11 is 12.1. The molecule has 1 aromatic rings. The van der Waals surface area contributed by atoms with Crippen LogP contribution in [0.1, 0.15) is 18.9 Å². The molecule has 0 aliphatic carbocycles. The third kappa shape index (κ3) is 2.94. The minimum atomic E-state index is -0.681. The molecule has 0 saturated carbocycles. The Morgan fingerprint density at radius 2 is 2.24 bits per heavy atom. The van der Waals surface area contributed by atoms with Crippen molar-refractivity contribution in [3.63, 3.8) is 0 Å². The molecule has 1 aliphatic rings. The summed E-state index contributed by atoms with van der Waals surface area (Å²) in [6.45, 7) is 3.75. The second-order valence-electron chi connectivity index (χ2n) is 4.87. The van der Waals surface area contributed by atoms with Crippen LogP contribution in [0.3, 0.4) is 0 Å². The zero-order valence-corrected chi connectivity index (χ0v) is 11.4. The molecule has 94 valence electrons. The van der Waals surface area contributed by atoms with E-state index in [9.17, 15) is 5.11 Å². The van der Waals surface area contributed by atoms with Gasteiger partial charge in [0.2, 0.25) is 0 Å². The summed E-state index contributed by atoms with van der Waals surface area (Å²) in [6, 6.07) is 5.40.